The second kappa shape index (κ2) is 7.69. The van der Waals surface area contributed by atoms with Crippen molar-refractivity contribution in [1.82, 2.24) is 10.6 Å². The van der Waals surface area contributed by atoms with Gasteiger partial charge in [-0.15, -0.1) is 0 Å². The second-order valence-corrected chi connectivity index (χ2v) is 6.34. The molecule has 136 valence electrons. The molecule has 0 aliphatic carbocycles. The Morgan fingerprint density at radius 3 is 3.04 bits per heavy atom. The molecule has 2 fully saturated rings. The molecule has 2 amide bonds. The molecule has 0 saturated carbocycles. The minimum atomic E-state index is -0.555. The van der Waals surface area contributed by atoms with Crippen LogP contribution in [0.2, 0.25) is 0 Å². The van der Waals surface area contributed by atoms with Gasteiger partial charge in [-0.1, -0.05) is 0 Å². The minimum absolute atomic E-state index is 0.179. The van der Waals surface area contributed by atoms with Crippen LogP contribution in [-0.2, 0) is 9.53 Å². The summed E-state index contributed by atoms with van der Waals surface area (Å²) in [5, 5.41) is 5.84. The molecule has 2 saturated heterocycles. The van der Waals surface area contributed by atoms with Gasteiger partial charge in [-0.3, -0.25) is 9.69 Å². The molecule has 0 radical (unpaired) electrons. The van der Waals surface area contributed by atoms with E-state index in [9.17, 15) is 14.0 Å². The Labute approximate surface area is 145 Å². The zero-order valence-corrected chi connectivity index (χ0v) is 14.1. The number of hydrogen-bond acceptors (Lipinski definition) is 5. The monoisotopic (exact) mass is 351 g/mol. The van der Waals surface area contributed by atoms with E-state index in [2.05, 4.69) is 10.6 Å². The molecular formula is C17H22FN3O4. The predicted octanol–water partition coefficient (Wildman–Crippen LogP) is 1.28. The Morgan fingerprint density at radius 2 is 2.36 bits per heavy atom. The van der Waals surface area contributed by atoms with Gasteiger partial charge in [0.15, 0.2) is 11.6 Å². The lowest BCUT2D eigenvalue weighted by molar-refractivity contribution is -0.119. The van der Waals surface area contributed by atoms with E-state index in [-0.39, 0.29) is 24.7 Å². The molecular weight excluding hydrogens is 329 g/mol. The summed E-state index contributed by atoms with van der Waals surface area (Å²) in [5.74, 6) is -0.138. The average molecular weight is 351 g/mol. The maximum Gasteiger partial charge on any atom is 0.414 e. The quantitative estimate of drug-likeness (QED) is 0.807. The molecule has 0 aromatic heterocycles. The molecule has 2 aliphatic heterocycles. The van der Waals surface area contributed by atoms with Gasteiger partial charge in [-0.05, 0) is 25.1 Å². The first-order chi connectivity index (χ1) is 12.0. The smallest absolute Gasteiger partial charge is 0.414 e. The molecule has 1 aromatic carbocycles. The number of hydrogen-bond donors (Lipinski definition) is 2. The molecule has 2 N–H and O–H groups in total. The number of ether oxygens (including phenoxy) is 2. The van der Waals surface area contributed by atoms with Crippen LogP contribution in [0.25, 0.3) is 0 Å². The van der Waals surface area contributed by atoms with Gasteiger partial charge in [0, 0.05) is 25.5 Å². The number of carbonyl (C=O) groups excluding carboxylic acids is 2. The lowest BCUT2D eigenvalue weighted by Crippen LogP contribution is -2.33. The molecule has 1 aromatic rings. The van der Waals surface area contributed by atoms with E-state index < -0.39 is 18.0 Å². The normalized spacial score (nSPS) is 22.8. The van der Waals surface area contributed by atoms with Crippen molar-refractivity contribution in [3.8, 4) is 5.75 Å². The van der Waals surface area contributed by atoms with Gasteiger partial charge in [0.05, 0.1) is 25.4 Å². The van der Waals surface area contributed by atoms with E-state index in [1.54, 1.807) is 6.07 Å². The molecule has 0 bridgehead atoms. The number of rotatable bonds is 6. The fourth-order valence-corrected chi connectivity index (χ4v) is 2.94. The first kappa shape index (κ1) is 17.5. The molecule has 0 spiro atoms. The molecule has 8 heteroatoms. The number of nitrogens with one attached hydrogen (secondary N) is 2. The summed E-state index contributed by atoms with van der Waals surface area (Å²) in [7, 11) is 0. The zero-order valence-electron chi connectivity index (χ0n) is 14.1. The number of cyclic esters (lactones) is 1. The van der Waals surface area contributed by atoms with Gasteiger partial charge in [0.25, 0.3) is 0 Å². The standard InChI is InChI=1S/C17H22FN3O4/c1-11(22)20-8-14-9-21(17(23)25-14)13-2-3-16(15(18)6-13)24-10-12-4-5-19-7-12/h2-3,6,12,14,19H,4-5,7-10H2,1H3,(H,20,22)/t12-,14-/m0/s1. The van der Waals surface area contributed by atoms with Crippen molar-refractivity contribution in [1.29, 1.82) is 0 Å². The van der Waals surface area contributed by atoms with Crippen molar-refractivity contribution >= 4 is 17.7 Å². The van der Waals surface area contributed by atoms with Crippen LogP contribution in [0.1, 0.15) is 13.3 Å². The maximum atomic E-state index is 14.3. The van der Waals surface area contributed by atoms with Gasteiger partial charge in [-0.2, -0.15) is 0 Å². The van der Waals surface area contributed by atoms with Crippen LogP contribution in [0.15, 0.2) is 18.2 Å². The molecule has 7 nitrogen and oxygen atoms in total. The molecule has 3 rings (SSSR count). The van der Waals surface area contributed by atoms with Crippen LogP contribution in [0.5, 0.6) is 5.75 Å². The summed E-state index contributed by atoms with van der Waals surface area (Å²) in [6.07, 6.45) is 0.0142. The Kier molecular flexibility index (Phi) is 5.37. The first-order valence-electron chi connectivity index (χ1n) is 8.38. The van der Waals surface area contributed by atoms with Gasteiger partial charge in [0.1, 0.15) is 6.10 Å². The van der Waals surface area contributed by atoms with Crippen molar-refractivity contribution < 1.29 is 23.5 Å². The Hall–Kier alpha value is -2.35. The minimum Gasteiger partial charge on any atom is -0.490 e. The van der Waals surface area contributed by atoms with Gasteiger partial charge in [0.2, 0.25) is 5.91 Å². The SMILES string of the molecule is CC(=O)NC[C@H]1CN(c2ccc(OC[C@H]3CCNC3)c(F)c2)C(=O)O1. The predicted molar refractivity (Wildman–Crippen MR) is 89.2 cm³/mol. The van der Waals surface area contributed by atoms with Gasteiger partial charge in [-0.25, -0.2) is 9.18 Å². The van der Waals surface area contributed by atoms with Crippen LogP contribution in [0.3, 0.4) is 0 Å². The molecule has 0 unspecified atom stereocenters. The third-order valence-electron chi connectivity index (χ3n) is 4.32. The van der Waals surface area contributed by atoms with E-state index >= 15 is 0 Å². The van der Waals surface area contributed by atoms with Crippen LogP contribution < -0.4 is 20.3 Å². The largest absolute Gasteiger partial charge is 0.490 e. The number of carbonyl (C=O) groups is 2. The van der Waals surface area contributed by atoms with Crippen molar-refractivity contribution in [2.24, 2.45) is 5.92 Å². The average Bonchev–Trinajstić information content (AvgIpc) is 3.21. The fraction of sp³-hybridized carbons (Fsp3) is 0.529. The Bertz CT molecular complexity index is 649. The third kappa shape index (κ3) is 4.39. The molecule has 2 aliphatic rings. The van der Waals surface area contributed by atoms with E-state index in [1.165, 1.54) is 24.0 Å². The summed E-state index contributed by atoms with van der Waals surface area (Å²) in [6.45, 7) is 4.20. The van der Waals surface area contributed by atoms with Crippen LogP contribution in [0.4, 0.5) is 14.9 Å². The first-order valence-corrected chi connectivity index (χ1v) is 8.38. The lowest BCUT2D eigenvalue weighted by Gasteiger charge is -2.16. The Morgan fingerprint density at radius 1 is 1.52 bits per heavy atom. The summed E-state index contributed by atoms with van der Waals surface area (Å²) in [4.78, 5) is 24.2. The second-order valence-electron chi connectivity index (χ2n) is 6.34. The summed E-state index contributed by atoms with van der Waals surface area (Å²) in [6, 6.07) is 4.43. The number of nitrogens with zero attached hydrogens (tertiary/aromatic N) is 1. The number of halogens is 1. The van der Waals surface area contributed by atoms with Crippen molar-refractivity contribution in [2.75, 3.05) is 37.7 Å². The van der Waals surface area contributed by atoms with Crippen molar-refractivity contribution in [3.63, 3.8) is 0 Å². The van der Waals surface area contributed by atoms with E-state index in [0.717, 1.165) is 19.5 Å². The Balaban J connectivity index is 1.59. The van der Waals surface area contributed by atoms with Crippen LogP contribution in [0, 0.1) is 11.7 Å². The van der Waals surface area contributed by atoms with Gasteiger partial charge >= 0.3 is 6.09 Å². The molecule has 25 heavy (non-hydrogen) atoms. The summed E-state index contributed by atoms with van der Waals surface area (Å²) in [5.41, 5.74) is 0.405. The fourth-order valence-electron chi connectivity index (χ4n) is 2.94. The van der Waals surface area contributed by atoms with Crippen molar-refractivity contribution in [3.05, 3.63) is 24.0 Å². The van der Waals surface area contributed by atoms with E-state index in [1.807, 2.05) is 0 Å². The van der Waals surface area contributed by atoms with Crippen molar-refractivity contribution in [2.45, 2.75) is 19.4 Å². The highest BCUT2D eigenvalue weighted by Crippen LogP contribution is 2.27. The van der Waals surface area contributed by atoms with Crippen LogP contribution >= 0.6 is 0 Å². The number of anilines is 1. The highest BCUT2D eigenvalue weighted by Gasteiger charge is 2.32. The maximum absolute atomic E-state index is 14.3. The highest BCUT2D eigenvalue weighted by atomic mass is 19.1. The molecule has 2 heterocycles. The summed E-state index contributed by atoms with van der Waals surface area (Å²) >= 11 is 0. The number of amides is 2. The zero-order chi connectivity index (χ0) is 17.8. The molecule has 2 atom stereocenters. The van der Waals surface area contributed by atoms with E-state index in [4.69, 9.17) is 9.47 Å². The topological polar surface area (TPSA) is 79.9 Å². The number of benzene rings is 1. The highest BCUT2D eigenvalue weighted by molar-refractivity contribution is 5.89. The van der Waals surface area contributed by atoms with Gasteiger partial charge < -0.3 is 20.1 Å². The lowest BCUT2D eigenvalue weighted by atomic mass is 10.1. The third-order valence-corrected chi connectivity index (χ3v) is 4.32. The summed E-state index contributed by atoms with van der Waals surface area (Å²) < 4.78 is 25.0. The van der Waals surface area contributed by atoms with E-state index in [0.29, 0.717) is 18.2 Å². The van der Waals surface area contributed by atoms with Crippen LogP contribution in [-0.4, -0.2) is 50.9 Å².